The second-order valence-corrected chi connectivity index (χ2v) is 6.97. The molecule has 4 N–H and O–H groups in total. The molecule has 1 unspecified atom stereocenters. The van der Waals surface area contributed by atoms with Crippen LogP contribution in [0.2, 0.25) is 0 Å². The van der Waals surface area contributed by atoms with Gasteiger partial charge in [-0.25, -0.2) is 4.79 Å². The molecule has 2 aromatic carbocycles. The topological polar surface area (TPSA) is 124 Å². The highest BCUT2D eigenvalue weighted by Crippen LogP contribution is 2.25. The normalized spacial score (nSPS) is 12.6. The smallest absolute Gasteiger partial charge is 0.410 e. The van der Waals surface area contributed by atoms with E-state index in [9.17, 15) is 9.59 Å². The molecule has 0 fully saturated rings. The average molecular weight is 405 g/mol. The van der Waals surface area contributed by atoms with Gasteiger partial charge in [0.1, 0.15) is 11.8 Å². The molecule has 3 rings (SSSR count). The van der Waals surface area contributed by atoms with Crippen molar-refractivity contribution in [3.8, 4) is 11.8 Å². The fourth-order valence-electron chi connectivity index (χ4n) is 3.03. The first kappa shape index (κ1) is 20.9. The third-order valence-corrected chi connectivity index (χ3v) is 4.84. The van der Waals surface area contributed by atoms with Crippen molar-refractivity contribution in [1.29, 1.82) is 5.26 Å². The molecule has 8 heteroatoms. The average Bonchev–Trinajstić information content (AvgIpc) is 3.14. The number of H-pyrrole nitrogens is 1. The number of rotatable bonds is 6. The summed E-state index contributed by atoms with van der Waals surface area (Å²) in [5.74, 6) is 0.0555. The number of para-hydroxylation sites is 1. The number of aromatic nitrogens is 1. The maximum atomic E-state index is 12.5. The Balaban J connectivity index is 1.72. The number of hydrogen-bond donors (Lipinski definition) is 3. The second kappa shape index (κ2) is 9.11. The SMILES string of the molecule is CC(C#N)N(C)C(=O)[C@@H](N)Cc1c[nH]c2ccc(OC(=O)Nc3ccccc3)cc12. The molecule has 1 heterocycles. The standard InChI is InChI=1S/C22H23N5O3/c1-14(12-23)27(2)21(28)19(24)10-15-13-25-20-9-8-17(11-18(15)20)30-22(29)26-16-6-4-3-5-7-16/h3-9,11,13-14,19,25H,10,24H2,1-2H3,(H,26,29)/t14?,19-/m0/s1. The van der Waals surface area contributed by atoms with E-state index in [1.807, 2.05) is 24.3 Å². The van der Waals surface area contributed by atoms with Gasteiger partial charge >= 0.3 is 6.09 Å². The molecule has 0 bridgehead atoms. The molecule has 0 aliphatic heterocycles. The van der Waals surface area contributed by atoms with Crippen molar-refractivity contribution in [2.75, 3.05) is 12.4 Å². The molecule has 2 atom stereocenters. The van der Waals surface area contributed by atoms with Crippen LogP contribution in [0.5, 0.6) is 5.75 Å². The van der Waals surface area contributed by atoms with Gasteiger partial charge in [-0.05, 0) is 49.2 Å². The highest BCUT2D eigenvalue weighted by molar-refractivity contribution is 5.89. The lowest BCUT2D eigenvalue weighted by Crippen LogP contribution is -2.46. The Morgan fingerprint density at radius 3 is 2.70 bits per heavy atom. The number of anilines is 1. The number of likely N-dealkylation sites (N-methyl/N-ethyl adjacent to an activating group) is 1. The number of benzene rings is 2. The third-order valence-electron chi connectivity index (χ3n) is 4.84. The van der Waals surface area contributed by atoms with Crippen LogP contribution in [0.4, 0.5) is 10.5 Å². The zero-order valence-electron chi connectivity index (χ0n) is 16.8. The summed E-state index contributed by atoms with van der Waals surface area (Å²) in [6.07, 6.45) is 1.46. The van der Waals surface area contributed by atoms with Crippen LogP contribution in [0.15, 0.2) is 54.7 Å². The highest BCUT2D eigenvalue weighted by Gasteiger charge is 2.23. The molecule has 0 saturated carbocycles. The number of hydrogen-bond acceptors (Lipinski definition) is 5. The van der Waals surface area contributed by atoms with Crippen LogP contribution in [-0.4, -0.2) is 41.0 Å². The van der Waals surface area contributed by atoms with E-state index in [1.54, 1.807) is 50.5 Å². The van der Waals surface area contributed by atoms with Crippen LogP contribution in [-0.2, 0) is 11.2 Å². The fraction of sp³-hybridized carbons (Fsp3) is 0.227. The molecule has 8 nitrogen and oxygen atoms in total. The number of ether oxygens (including phenoxy) is 1. The van der Waals surface area contributed by atoms with E-state index in [1.165, 1.54) is 4.90 Å². The molecule has 0 aliphatic rings. The van der Waals surface area contributed by atoms with Crippen LogP contribution in [0.3, 0.4) is 0 Å². The van der Waals surface area contributed by atoms with Crippen LogP contribution in [0, 0.1) is 11.3 Å². The van der Waals surface area contributed by atoms with Crippen molar-refractivity contribution in [2.45, 2.75) is 25.4 Å². The first-order valence-corrected chi connectivity index (χ1v) is 9.45. The van der Waals surface area contributed by atoms with E-state index in [0.29, 0.717) is 11.4 Å². The number of fused-ring (bicyclic) bond motifs is 1. The van der Waals surface area contributed by atoms with Crippen molar-refractivity contribution in [3.63, 3.8) is 0 Å². The van der Waals surface area contributed by atoms with E-state index in [0.717, 1.165) is 16.5 Å². The van der Waals surface area contributed by atoms with E-state index >= 15 is 0 Å². The minimum atomic E-state index is -0.796. The number of aromatic amines is 1. The Morgan fingerprint density at radius 1 is 1.27 bits per heavy atom. The van der Waals surface area contributed by atoms with Crippen molar-refractivity contribution >= 4 is 28.6 Å². The van der Waals surface area contributed by atoms with Crippen LogP contribution >= 0.6 is 0 Å². The van der Waals surface area contributed by atoms with E-state index in [4.69, 9.17) is 15.7 Å². The van der Waals surface area contributed by atoms with Gasteiger partial charge < -0.3 is 20.4 Å². The van der Waals surface area contributed by atoms with Crippen LogP contribution < -0.4 is 15.8 Å². The minimum absolute atomic E-state index is 0.279. The van der Waals surface area contributed by atoms with Gasteiger partial charge in [-0.1, -0.05) is 18.2 Å². The summed E-state index contributed by atoms with van der Waals surface area (Å²) in [6, 6.07) is 14.9. The van der Waals surface area contributed by atoms with Crippen LogP contribution in [0.25, 0.3) is 10.9 Å². The van der Waals surface area contributed by atoms with Crippen molar-refractivity contribution in [3.05, 3.63) is 60.3 Å². The molecule has 3 aromatic rings. The fourth-order valence-corrected chi connectivity index (χ4v) is 3.03. The Bertz CT molecular complexity index is 1090. The quantitative estimate of drug-likeness (QED) is 0.581. The van der Waals surface area contributed by atoms with Crippen LogP contribution in [0.1, 0.15) is 12.5 Å². The largest absolute Gasteiger partial charge is 0.417 e. The molecule has 2 amide bonds. The maximum Gasteiger partial charge on any atom is 0.417 e. The zero-order valence-corrected chi connectivity index (χ0v) is 16.8. The third kappa shape index (κ3) is 4.77. The zero-order chi connectivity index (χ0) is 21.7. The van der Waals surface area contributed by atoms with Gasteiger partial charge in [0.2, 0.25) is 5.91 Å². The lowest BCUT2D eigenvalue weighted by atomic mass is 10.0. The Hall–Kier alpha value is -3.83. The van der Waals surface area contributed by atoms with Gasteiger partial charge in [0.25, 0.3) is 0 Å². The first-order valence-electron chi connectivity index (χ1n) is 9.45. The number of nitrogens with one attached hydrogen (secondary N) is 2. The van der Waals surface area contributed by atoms with Crippen molar-refractivity contribution < 1.29 is 14.3 Å². The Kier molecular flexibility index (Phi) is 6.35. The number of carbonyl (C=O) groups excluding carboxylic acids is 2. The summed E-state index contributed by atoms with van der Waals surface area (Å²) in [5.41, 5.74) is 8.37. The summed E-state index contributed by atoms with van der Waals surface area (Å²) >= 11 is 0. The van der Waals surface area contributed by atoms with Gasteiger partial charge in [0, 0.05) is 29.8 Å². The summed E-state index contributed by atoms with van der Waals surface area (Å²) in [6.45, 7) is 1.64. The summed E-state index contributed by atoms with van der Waals surface area (Å²) < 4.78 is 5.38. The molecule has 0 radical (unpaired) electrons. The molecule has 154 valence electrons. The lowest BCUT2D eigenvalue weighted by molar-refractivity contribution is -0.132. The number of amides is 2. The van der Waals surface area contributed by atoms with Gasteiger partial charge in [0.05, 0.1) is 12.1 Å². The second-order valence-electron chi connectivity index (χ2n) is 6.97. The number of nitrogens with two attached hydrogens (primary N) is 1. The first-order chi connectivity index (χ1) is 14.4. The summed E-state index contributed by atoms with van der Waals surface area (Å²) in [5, 5.41) is 12.5. The highest BCUT2D eigenvalue weighted by atomic mass is 16.6. The minimum Gasteiger partial charge on any atom is -0.410 e. The monoisotopic (exact) mass is 405 g/mol. The van der Waals surface area contributed by atoms with Gasteiger partial charge in [-0.2, -0.15) is 5.26 Å². The van der Waals surface area contributed by atoms with Crippen molar-refractivity contribution in [2.24, 2.45) is 5.73 Å². The van der Waals surface area contributed by atoms with E-state index in [2.05, 4.69) is 10.3 Å². The lowest BCUT2D eigenvalue weighted by Gasteiger charge is -2.23. The maximum absolute atomic E-state index is 12.5. The predicted molar refractivity (Wildman–Crippen MR) is 114 cm³/mol. The van der Waals surface area contributed by atoms with Gasteiger partial charge in [-0.15, -0.1) is 0 Å². The number of nitrogens with zero attached hydrogens (tertiary/aromatic N) is 2. The van der Waals surface area contributed by atoms with Gasteiger partial charge in [-0.3, -0.25) is 10.1 Å². The summed E-state index contributed by atoms with van der Waals surface area (Å²) in [4.78, 5) is 29.1. The summed E-state index contributed by atoms with van der Waals surface area (Å²) in [7, 11) is 1.56. The predicted octanol–water partition coefficient (Wildman–Crippen LogP) is 3.02. The molecule has 30 heavy (non-hydrogen) atoms. The Morgan fingerprint density at radius 2 is 2.00 bits per heavy atom. The molecular formula is C22H23N5O3. The molecule has 1 aromatic heterocycles. The van der Waals surface area contributed by atoms with Crippen molar-refractivity contribution in [1.82, 2.24) is 9.88 Å². The molecular weight excluding hydrogens is 382 g/mol. The molecule has 0 spiro atoms. The van der Waals surface area contributed by atoms with E-state index < -0.39 is 18.2 Å². The van der Waals surface area contributed by atoms with E-state index in [-0.39, 0.29) is 12.3 Å². The number of carbonyl (C=O) groups is 2. The molecule has 0 saturated heterocycles. The Labute approximate surface area is 174 Å². The van der Waals surface area contributed by atoms with Gasteiger partial charge in [0.15, 0.2) is 0 Å². The molecule has 0 aliphatic carbocycles. The number of nitriles is 1.